The Labute approximate surface area is 110 Å². The van der Waals surface area contributed by atoms with Crippen molar-refractivity contribution in [1.29, 1.82) is 0 Å². The number of nitrogens with zero attached hydrogens (tertiary/aromatic N) is 1. The number of hydrogen-bond acceptors (Lipinski definition) is 4. The molecule has 0 radical (unpaired) electrons. The summed E-state index contributed by atoms with van der Waals surface area (Å²) >= 11 is 0. The zero-order chi connectivity index (χ0) is 13.8. The standard InChI is InChI=1S/C13H16N2O4/c16-13(17)12(14-10-5-1-2-6-10)9-4-3-7-11(8-9)15(18)19/h3-4,7-8,10,12,14H,1-2,5-6H2,(H,16,17). The fourth-order valence-corrected chi connectivity index (χ4v) is 2.46. The average Bonchev–Trinajstić information content (AvgIpc) is 2.88. The number of carboxylic acid groups (broad SMARTS) is 1. The van der Waals surface area contributed by atoms with Crippen molar-refractivity contribution in [2.24, 2.45) is 0 Å². The van der Waals surface area contributed by atoms with Crippen LogP contribution < -0.4 is 5.32 Å². The zero-order valence-electron chi connectivity index (χ0n) is 10.4. The number of carbonyl (C=O) groups is 1. The predicted octanol–water partition coefficient (Wildman–Crippen LogP) is 2.25. The average molecular weight is 264 g/mol. The Morgan fingerprint density at radius 2 is 2.11 bits per heavy atom. The van der Waals surface area contributed by atoms with E-state index in [0.29, 0.717) is 5.56 Å². The van der Waals surface area contributed by atoms with Gasteiger partial charge in [-0.2, -0.15) is 0 Å². The van der Waals surface area contributed by atoms with E-state index in [-0.39, 0.29) is 11.7 Å². The van der Waals surface area contributed by atoms with Gasteiger partial charge in [0.15, 0.2) is 0 Å². The number of nitro benzene ring substituents is 1. The van der Waals surface area contributed by atoms with Gasteiger partial charge in [0.05, 0.1) is 4.92 Å². The summed E-state index contributed by atoms with van der Waals surface area (Å²) in [5.41, 5.74) is 0.338. The lowest BCUT2D eigenvalue weighted by Gasteiger charge is -2.19. The van der Waals surface area contributed by atoms with Gasteiger partial charge in [0, 0.05) is 18.2 Å². The van der Waals surface area contributed by atoms with E-state index in [2.05, 4.69) is 5.32 Å². The Kier molecular flexibility index (Phi) is 4.11. The number of benzene rings is 1. The van der Waals surface area contributed by atoms with Crippen LogP contribution in [0.2, 0.25) is 0 Å². The SMILES string of the molecule is O=C(O)C(NC1CCCC1)c1cccc([N+](=O)[O-])c1. The lowest BCUT2D eigenvalue weighted by Crippen LogP contribution is -2.35. The summed E-state index contributed by atoms with van der Waals surface area (Å²) in [4.78, 5) is 21.5. The maximum absolute atomic E-state index is 11.3. The second-order valence-corrected chi connectivity index (χ2v) is 4.77. The zero-order valence-corrected chi connectivity index (χ0v) is 10.4. The molecule has 6 nitrogen and oxygen atoms in total. The van der Waals surface area contributed by atoms with Crippen molar-refractivity contribution in [3.63, 3.8) is 0 Å². The Balaban J connectivity index is 2.20. The molecule has 0 aliphatic heterocycles. The van der Waals surface area contributed by atoms with Crippen molar-refractivity contribution in [2.45, 2.75) is 37.8 Å². The second-order valence-electron chi connectivity index (χ2n) is 4.77. The molecule has 102 valence electrons. The van der Waals surface area contributed by atoms with Crippen LogP contribution >= 0.6 is 0 Å². The number of nitro groups is 1. The highest BCUT2D eigenvalue weighted by molar-refractivity contribution is 5.76. The van der Waals surface area contributed by atoms with Crippen LogP contribution in [0.25, 0.3) is 0 Å². The molecule has 0 spiro atoms. The predicted molar refractivity (Wildman–Crippen MR) is 68.9 cm³/mol. The van der Waals surface area contributed by atoms with Gasteiger partial charge in [0.1, 0.15) is 6.04 Å². The number of rotatable bonds is 5. The molecule has 1 aliphatic rings. The third-order valence-electron chi connectivity index (χ3n) is 3.42. The molecule has 0 amide bonds. The van der Waals surface area contributed by atoms with Gasteiger partial charge >= 0.3 is 5.97 Å². The van der Waals surface area contributed by atoms with Gasteiger partial charge in [0.25, 0.3) is 5.69 Å². The molecule has 2 N–H and O–H groups in total. The van der Waals surface area contributed by atoms with E-state index < -0.39 is 16.9 Å². The quantitative estimate of drug-likeness (QED) is 0.628. The molecule has 0 saturated heterocycles. The van der Waals surface area contributed by atoms with Crippen molar-refractivity contribution in [2.75, 3.05) is 0 Å². The second kappa shape index (κ2) is 5.79. The molecule has 0 heterocycles. The summed E-state index contributed by atoms with van der Waals surface area (Å²) < 4.78 is 0. The summed E-state index contributed by atoms with van der Waals surface area (Å²) in [6.07, 6.45) is 4.11. The molecular formula is C13H16N2O4. The lowest BCUT2D eigenvalue weighted by molar-refractivity contribution is -0.384. The molecule has 1 fully saturated rings. The van der Waals surface area contributed by atoms with E-state index >= 15 is 0 Å². The van der Waals surface area contributed by atoms with Crippen molar-refractivity contribution in [1.82, 2.24) is 5.32 Å². The first kappa shape index (κ1) is 13.5. The van der Waals surface area contributed by atoms with Gasteiger partial charge < -0.3 is 5.11 Å². The molecule has 0 bridgehead atoms. The molecule has 19 heavy (non-hydrogen) atoms. The van der Waals surface area contributed by atoms with Crippen molar-refractivity contribution in [3.05, 3.63) is 39.9 Å². The summed E-state index contributed by atoms with van der Waals surface area (Å²) in [5, 5.41) is 23.1. The maximum atomic E-state index is 11.3. The summed E-state index contributed by atoms with van der Waals surface area (Å²) in [7, 11) is 0. The fraction of sp³-hybridized carbons (Fsp3) is 0.462. The topological polar surface area (TPSA) is 92.5 Å². The molecule has 1 atom stereocenters. The van der Waals surface area contributed by atoms with Gasteiger partial charge in [0.2, 0.25) is 0 Å². The van der Waals surface area contributed by atoms with Gasteiger partial charge in [-0.3, -0.25) is 20.2 Å². The van der Waals surface area contributed by atoms with E-state index in [4.69, 9.17) is 0 Å². The van der Waals surface area contributed by atoms with Crippen molar-refractivity contribution >= 4 is 11.7 Å². The third kappa shape index (κ3) is 3.29. The highest BCUT2D eigenvalue weighted by atomic mass is 16.6. The van der Waals surface area contributed by atoms with Crippen LogP contribution in [-0.4, -0.2) is 22.0 Å². The maximum Gasteiger partial charge on any atom is 0.325 e. The number of non-ortho nitro benzene ring substituents is 1. The van der Waals surface area contributed by atoms with Crippen LogP contribution in [0.3, 0.4) is 0 Å². The van der Waals surface area contributed by atoms with E-state index in [1.165, 1.54) is 18.2 Å². The third-order valence-corrected chi connectivity index (χ3v) is 3.42. The van der Waals surface area contributed by atoms with Gasteiger partial charge in [-0.25, -0.2) is 0 Å². The normalized spacial score (nSPS) is 17.3. The largest absolute Gasteiger partial charge is 0.480 e. The molecule has 1 aliphatic carbocycles. The monoisotopic (exact) mass is 264 g/mol. The molecule has 1 saturated carbocycles. The van der Waals surface area contributed by atoms with Crippen LogP contribution in [0.1, 0.15) is 37.3 Å². The molecule has 1 aromatic carbocycles. The first-order chi connectivity index (χ1) is 9.08. The van der Waals surface area contributed by atoms with E-state index in [1.54, 1.807) is 6.07 Å². The van der Waals surface area contributed by atoms with Crippen LogP contribution in [0.15, 0.2) is 24.3 Å². The van der Waals surface area contributed by atoms with Gasteiger partial charge in [-0.05, 0) is 18.4 Å². The van der Waals surface area contributed by atoms with E-state index in [9.17, 15) is 20.0 Å². The number of aliphatic carboxylic acids is 1. The first-order valence-corrected chi connectivity index (χ1v) is 6.31. The minimum Gasteiger partial charge on any atom is -0.480 e. The molecule has 1 unspecified atom stereocenters. The van der Waals surface area contributed by atoms with E-state index in [0.717, 1.165) is 25.7 Å². The summed E-state index contributed by atoms with van der Waals surface area (Å²) in [5.74, 6) is -1.01. The number of hydrogen-bond donors (Lipinski definition) is 2. The highest BCUT2D eigenvalue weighted by Crippen LogP contribution is 2.24. The molecule has 1 aromatic rings. The Morgan fingerprint density at radius 3 is 2.68 bits per heavy atom. The van der Waals surface area contributed by atoms with Crippen LogP contribution in [0.4, 0.5) is 5.69 Å². The highest BCUT2D eigenvalue weighted by Gasteiger charge is 2.26. The lowest BCUT2D eigenvalue weighted by atomic mass is 10.0. The Bertz CT molecular complexity index is 483. The van der Waals surface area contributed by atoms with Crippen LogP contribution in [0.5, 0.6) is 0 Å². The molecule has 6 heteroatoms. The number of nitrogens with one attached hydrogen (secondary N) is 1. The molecular weight excluding hydrogens is 248 g/mol. The van der Waals surface area contributed by atoms with Gasteiger partial charge in [-0.1, -0.05) is 25.0 Å². The summed E-state index contributed by atoms with van der Waals surface area (Å²) in [6, 6.07) is 5.09. The minimum absolute atomic E-state index is 0.0861. The Morgan fingerprint density at radius 1 is 1.42 bits per heavy atom. The summed E-state index contributed by atoms with van der Waals surface area (Å²) in [6.45, 7) is 0. The van der Waals surface area contributed by atoms with Crippen LogP contribution in [-0.2, 0) is 4.79 Å². The Hall–Kier alpha value is -1.95. The van der Waals surface area contributed by atoms with Crippen molar-refractivity contribution in [3.8, 4) is 0 Å². The van der Waals surface area contributed by atoms with Crippen LogP contribution in [0, 0.1) is 10.1 Å². The first-order valence-electron chi connectivity index (χ1n) is 6.31. The van der Waals surface area contributed by atoms with Gasteiger partial charge in [-0.15, -0.1) is 0 Å². The van der Waals surface area contributed by atoms with E-state index in [1.807, 2.05) is 0 Å². The minimum atomic E-state index is -1.01. The molecule has 0 aromatic heterocycles. The van der Waals surface area contributed by atoms with Crippen molar-refractivity contribution < 1.29 is 14.8 Å². The molecule has 2 rings (SSSR count). The number of carboxylic acids is 1. The smallest absolute Gasteiger partial charge is 0.325 e. The fourth-order valence-electron chi connectivity index (χ4n) is 2.46.